The van der Waals surface area contributed by atoms with Gasteiger partial charge in [-0.1, -0.05) is 13.8 Å². The zero-order valence-corrected chi connectivity index (χ0v) is 12.0. The van der Waals surface area contributed by atoms with Crippen molar-refractivity contribution in [1.29, 1.82) is 0 Å². The van der Waals surface area contributed by atoms with Crippen LogP contribution < -0.4 is 5.73 Å². The highest BCUT2D eigenvalue weighted by Gasteiger charge is 2.34. The van der Waals surface area contributed by atoms with Crippen molar-refractivity contribution in [3.8, 4) is 0 Å². The van der Waals surface area contributed by atoms with E-state index >= 15 is 0 Å². The molecule has 0 heterocycles. The van der Waals surface area contributed by atoms with E-state index in [1.165, 1.54) is 0 Å². The lowest BCUT2D eigenvalue weighted by Gasteiger charge is -2.39. The molecule has 1 rings (SSSR count). The molecule has 0 radical (unpaired) electrons. The number of carbonyl (C=O) groups excluding carboxylic acids is 1. The first kappa shape index (κ1) is 14.5. The van der Waals surface area contributed by atoms with Gasteiger partial charge in [0.25, 0.3) is 0 Å². The second-order valence-electron chi connectivity index (χ2n) is 6.33. The second kappa shape index (κ2) is 5.38. The van der Waals surface area contributed by atoms with Crippen LogP contribution in [0.15, 0.2) is 0 Å². The third-order valence-electron chi connectivity index (χ3n) is 4.43. The zero-order chi connectivity index (χ0) is 13.2. The average molecular weight is 240 g/mol. The molecule has 3 atom stereocenters. The highest BCUT2D eigenvalue weighted by Crippen LogP contribution is 2.31. The van der Waals surface area contributed by atoms with Crippen molar-refractivity contribution in [1.82, 2.24) is 4.90 Å². The predicted octanol–water partition coefficient (Wildman–Crippen LogP) is 2.40. The predicted molar refractivity (Wildman–Crippen MR) is 71.6 cm³/mol. The van der Waals surface area contributed by atoms with Crippen molar-refractivity contribution in [2.24, 2.45) is 17.6 Å². The van der Waals surface area contributed by atoms with Crippen LogP contribution in [0.25, 0.3) is 0 Å². The first-order valence-electron chi connectivity index (χ1n) is 6.81. The third kappa shape index (κ3) is 3.44. The summed E-state index contributed by atoms with van der Waals surface area (Å²) >= 11 is 0. The molecule has 100 valence electrons. The minimum Gasteiger partial charge on any atom is -0.340 e. The van der Waals surface area contributed by atoms with Gasteiger partial charge in [0.15, 0.2) is 0 Å². The average Bonchev–Trinajstić information content (AvgIpc) is 2.25. The van der Waals surface area contributed by atoms with E-state index in [1.807, 2.05) is 11.9 Å². The summed E-state index contributed by atoms with van der Waals surface area (Å²) in [5.74, 6) is 0.981. The van der Waals surface area contributed by atoms with Crippen LogP contribution in [0.1, 0.15) is 53.4 Å². The van der Waals surface area contributed by atoms with Crippen LogP contribution >= 0.6 is 0 Å². The van der Waals surface area contributed by atoms with Crippen molar-refractivity contribution < 1.29 is 4.79 Å². The number of nitrogens with two attached hydrogens (primary N) is 1. The third-order valence-corrected chi connectivity index (χ3v) is 4.43. The standard InChI is InChI=1S/C14H28N2O/c1-6-14(3,4)16(5)13(17)11-7-10(2)8-12(15)9-11/h10-12H,6-9,15H2,1-5H3. The lowest BCUT2D eigenvalue weighted by atomic mass is 9.78. The lowest BCUT2D eigenvalue weighted by Crippen LogP contribution is -2.49. The first-order valence-corrected chi connectivity index (χ1v) is 6.81. The Labute approximate surface area is 106 Å². The Kier molecular flexibility index (Phi) is 4.59. The molecular weight excluding hydrogens is 212 g/mol. The molecular formula is C14H28N2O. The topological polar surface area (TPSA) is 46.3 Å². The molecule has 3 nitrogen and oxygen atoms in total. The molecule has 1 saturated carbocycles. The van der Waals surface area contributed by atoms with E-state index < -0.39 is 0 Å². The van der Waals surface area contributed by atoms with Gasteiger partial charge in [-0.25, -0.2) is 0 Å². The smallest absolute Gasteiger partial charge is 0.225 e. The summed E-state index contributed by atoms with van der Waals surface area (Å²) in [7, 11) is 1.93. The Hall–Kier alpha value is -0.570. The Bertz CT molecular complexity index is 265. The molecule has 1 amide bonds. The van der Waals surface area contributed by atoms with Crippen LogP contribution in [-0.4, -0.2) is 29.4 Å². The lowest BCUT2D eigenvalue weighted by molar-refractivity contribution is -0.140. The maximum absolute atomic E-state index is 12.5. The van der Waals surface area contributed by atoms with Gasteiger partial charge in [-0.3, -0.25) is 4.79 Å². The SMILES string of the molecule is CCC(C)(C)N(C)C(=O)C1CC(C)CC(N)C1. The summed E-state index contributed by atoms with van der Waals surface area (Å²) < 4.78 is 0. The molecule has 1 aliphatic carbocycles. The van der Waals surface area contributed by atoms with E-state index in [-0.39, 0.29) is 23.4 Å². The van der Waals surface area contributed by atoms with E-state index in [2.05, 4.69) is 27.7 Å². The minimum absolute atomic E-state index is 0.0537. The normalized spacial score (nSPS) is 30.1. The van der Waals surface area contributed by atoms with E-state index in [0.29, 0.717) is 5.92 Å². The van der Waals surface area contributed by atoms with Gasteiger partial charge in [-0.15, -0.1) is 0 Å². The quantitative estimate of drug-likeness (QED) is 0.823. The van der Waals surface area contributed by atoms with Gasteiger partial charge >= 0.3 is 0 Å². The fourth-order valence-corrected chi connectivity index (χ4v) is 2.67. The Morgan fingerprint density at radius 2 is 1.94 bits per heavy atom. The molecule has 1 fully saturated rings. The van der Waals surface area contributed by atoms with Gasteiger partial charge in [-0.05, 0) is 45.4 Å². The Balaban J connectivity index is 2.69. The number of hydrogen-bond acceptors (Lipinski definition) is 2. The molecule has 3 heteroatoms. The number of rotatable bonds is 3. The maximum atomic E-state index is 12.5. The largest absolute Gasteiger partial charge is 0.340 e. The number of carbonyl (C=O) groups is 1. The monoisotopic (exact) mass is 240 g/mol. The molecule has 0 spiro atoms. The van der Waals surface area contributed by atoms with Crippen LogP contribution in [0.2, 0.25) is 0 Å². The zero-order valence-electron chi connectivity index (χ0n) is 12.0. The summed E-state index contributed by atoms with van der Waals surface area (Å²) in [6.45, 7) is 8.57. The first-order chi connectivity index (χ1) is 7.77. The van der Waals surface area contributed by atoms with E-state index in [0.717, 1.165) is 25.7 Å². The number of hydrogen-bond donors (Lipinski definition) is 1. The van der Waals surface area contributed by atoms with Gasteiger partial charge < -0.3 is 10.6 Å². The maximum Gasteiger partial charge on any atom is 0.225 e. The van der Waals surface area contributed by atoms with Crippen LogP contribution in [0.3, 0.4) is 0 Å². The van der Waals surface area contributed by atoms with Crippen molar-refractivity contribution in [2.75, 3.05) is 7.05 Å². The fraction of sp³-hybridized carbons (Fsp3) is 0.929. The Morgan fingerprint density at radius 1 is 1.35 bits per heavy atom. The number of amides is 1. The number of nitrogens with zero attached hydrogens (tertiary/aromatic N) is 1. The van der Waals surface area contributed by atoms with Crippen LogP contribution in [0, 0.1) is 11.8 Å². The molecule has 0 aromatic carbocycles. The minimum atomic E-state index is -0.0537. The van der Waals surface area contributed by atoms with Crippen molar-refractivity contribution in [3.05, 3.63) is 0 Å². The summed E-state index contributed by atoms with van der Waals surface area (Å²) in [6.07, 6.45) is 3.89. The van der Waals surface area contributed by atoms with Crippen molar-refractivity contribution in [3.63, 3.8) is 0 Å². The molecule has 1 aliphatic rings. The fourth-order valence-electron chi connectivity index (χ4n) is 2.67. The van der Waals surface area contributed by atoms with Gasteiger partial charge in [0.2, 0.25) is 5.91 Å². The van der Waals surface area contributed by atoms with Crippen molar-refractivity contribution >= 4 is 5.91 Å². The van der Waals surface area contributed by atoms with Gasteiger partial charge in [-0.2, -0.15) is 0 Å². The van der Waals surface area contributed by atoms with E-state index in [9.17, 15) is 4.79 Å². The molecule has 0 aromatic rings. The van der Waals surface area contributed by atoms with E-state index in [1.54, 1.807) is 0 Å². The van der Waals surface area contributed by atoms with Crippen LogP contribution in [0.5, 0.6) is 0 Å². The van der Waals surface area contributed by atoms with Crippen LogP contribution in [0.4, 0.5) is 0 Å². The molecule has 0 bridgehead atoms. The Morgan fingerprint density at radius 3 is 2.41 bits per heavy atom. The van der Waals surface area contributed by atoms with Gasteiger partial charge in [0.1, 0.15) is 0 Å². The second-order valence-corrected chi connectivity index (χ2v) is 6.33. The molecule has 2 N–H and O–H groups in total. The molecule has 0 saturated heterocycles. The highest BCUT2D eigenvalue weighted by atomic mass is 16.2. The summed E-state index contributed by atoms with van der Waals surface area (Å²) in [5.41, 5.74) is 5.97. The molecule has 17 heavy (non-hydrogen) atoms. The summed E-state index contributed by atoms with van der Waals surface area (Å²) in [4.78, 5) is 14.4. The van der Waals surface area contributed by atoms with E-state index in [4.69, 9.17) is 5.73 Å². The summed E-state index contributed by atoms with van der Waals surface area (Å²) in [5, 5.41) is 0. The highest BCUT2D eigenvalue weighted by molar-refractivity contribution is 5.79. The van der Waals surface area contributed by atoms with Crippen molar-refractivity contribution in [2.45, 2.75) is 65.0 Å². The molecule has 0 aliphatic heterocycles. The molecule has 3 unspecified atom stereocenters. The molecule has 0 aromatic heterocycles. The van der Waals surface area contributed by atoms with Gasteiger partial charge in [0.05, 0.1) is 0 Å². The van der Waals surface area contributed by atoms with Gasteiger partial charge in [0, 0.05) is 24.5 Å². The summed E-state index contributed by atoms with van der Waals surface area (Å²) in [6, 6.07) is 0.200. The van der Waals surface area contributed by atoms with Crippen LogP contribution in [-0.2, 0) is 4.79 Å².